The average Bonchev–Trinajstić information content (AvgIpc) is 3.18. The SMILES string of the molecule is CC(C)(C)OC(=O)NCc1ocnc1C(=O)ON1C(=O)c2ccccc2C1=O. The minimum atomic E-state index is -1.08. The van der Waals surface area contributed by atoms with Crippen molar-refractivity contribution in [1.29, 1.82) is 0 Å². The number of amides is 3. The summed E-state index contributed by atoms with van der Waals surface area (Å²) in [6.45, 7) is 4.89. The molecular formula is C18H17N3O7. The van der Waals surface area contributed by atoms with Crippen LogP contribution in [0.2, 0.25) is 0 Å². The van der Waals surface area contributed by atoms with E-state index in [2.05, 4.69) is 10.3 Å². The highest BCUT2D eigenvalue weighted by molar-refractivity contribution is 6.21. The van der Waals surface area contributed by atoms with Gasteiger partial charge in [0.15, 0.2) is 17.8 Å². The van der Waals surface area contributed by atoms with Gasteiger partial charge in [-0.3, -0.25) is 9.59 Å². The van der Waals surface area contributed by atoms with Gasteiger partial charge in [0.1, 0.15) is 5.60 Å². The molecule has 0 spiro atoms. The number of aromatic nitrogens is 1. The Bertz CT molecular complexity index is 923. The van der Waals surface area contributed by atoms with E-state index >= 15 is 0 Å². The molecule has 0 saturated carbocycles. The molecule has 10 heteroatoms. The summed E-state index contributed by atoms with van der Waals surface area (Å²) in [5.74, 6) is -2.62. The predicted molar refractivity (Wildman–Crippen MR) is 91.9 cm³/mol. The van der Waals surface area contributed by atoms with Crippen molar-refractivity contribution in [2.75, 3.05) is 0 Å². The van der Waals surface area contributed by atoms with Crippen LogP contribution < -0.4 is 5.32 Å². The number of benzene rings is 1. The molecule has 0 bridgehead atoms. The summed E-state index contributed by atoms with van der Waals surface area (Å²) in [5, 5.41) is 2.78. The van der Waals surface area contributed by atoms with Crippen molar-refractivity contribution in [3.8, 4) is 0 Å². The van der Waals surface area contributed by atoms with Gasteiger partial charge in [-0.25, -0.2) is 14.6 Å². The molecule has 1 N–H and O–H groups in total. The number of rotatable bonds is 4. The van der Waals surface area contributed by atoms with Crippen LogP contribution in [0.3, 0.4) is 0 Å². The number of fused-ring (bicyclic) bond motifs is 1. The lowest BCUT2D eigenvalue weighted by molar-refractivity contribution is -0.0589. The first-order valence-corrected chi connectivity index (χ1v) is 8.26. The number of imide groups is 1. The fourth-order valence-electron chi connectivity index (χ4n) is 2.41. The van der Waals surface area contributed by atoms with E-state index in [4.69, 9.17) is 14.0 Å². The van der Waals surface area contributed by atoms with E-state index < -0.39 is 29.5 Å². The highest BCUT2D eigenvalue weighted by Gasteiger charge is 2.39. The number of ether oxygens (including phenoxy) is 1. The number of carbonyl (C=O) groups is 4. The highest BCUT2D eigenvalue weighted by Crippen LogP contribution is 2.23. The minimum absolute atomic E-state index is 0.0209. The Morgan fingerprint density at radius 3 is 2.32 bits per heavy atom. The Balaban J connectivity index is 1.67. The second-order valence-corrected chi connectivity index (χ2v) is 6.81. The molecule has 0 radical (unpaired) electrons. The molecule has 1 aromatic heterocycles. The zero-order valence-corrected chi connectivity index (χ0v) is 15.3. The number of nitrogens with zero attached hydrogens (tertiary/aromatic N) is 2. The van der Waals surface area contributed by atoms with Gasteiger partial charge in [-0.1, -0.05) is 17.2 Å². The Kier molecular flexibility index (Phi) is 4.87. The molecule has 146 valence electrons. The van der Waals surface area contributed by atoms with Crippen molar-refractivity contribution < 1.29 is 33.2 Å². The van der Waals surface area contributed by atoms with E-state index in [1.807, 2.05) is 0 Å². The molecule has 0 fully saturated rings. The maximum atomic E-state index is 12.4. The van der Waals surface area contributed by atoms with Gasteiger partial charge < -0.3 is 19.3 Å². The van der Waals surface area contributed by atoms with Crippen molar-refractivity contribution in [3.63, 3.8) is 0 Å². The molecule has 3 rings (SSSR count). The Morgan fingerprint density at radius 1 is 1.14 bits per heavy atom. The first kappa shape index (κ1) is 19.1. The summed E-state index contributed by atoms with van der Waals surface area (Å²) in [6, 6.07) is 6.09. The molecule has 10 nitrogen and oxygen atoms in total. The van der Waals surface area contributed by atoms with E-state index in [-0.39, 0.29) is 29.1 Å². The van der Waals surface area contributed by atoms with Crippen LogP contribution in [0.15, 0.2) is 35.1 Å². The van der Waals surface area contributed by atoms with Crippen LogP contribution in [0.4, 0.5) is 4.79 Å². The minimum Gasteiger partial charge on any atom is -0.446 e. The summed E-state index contributed by atoms with van der Waals surface area (Å²) >= 11 is 0. The third kappa shape index (κ3) is 3.85. The highest BCUT2D eigenvalue weighted by atomic mass is 16.7. The van der Waals surface area contributed by atoms with Crippen LogP contribution in [0.5, 0.6) is 0 Å². The molecule has 1 aliphatic heterocycles. The lowest BCUT2D eigenvalue weighted by Gasteiger charge is -2.19. The topological polar surface area (TPSA) is 128 Å². The number of alkyl carbamates (subject to hydrolysis) is 1. The molecule has 1 aliphatic rings. The molecular weight excluding hydrogens is 370 g/mol. The standard InChI is InChI=1S/C18H17N3O7/c1-18(2,3)27-17(25)19-8-12-13(20-9-26-12)16(24)28-21-14(22)10-6-4-5-7-11(10)15(21)23/h4-7,9H,8H2,1-3H3,(H,19,25). The second kappa shape index (κ2) is 7.14. The van der Waals surface area contributed by atoms with E-state index in [0.29, 0.717) is 5.06 Å². The maximum absolute atomic E-state index is 12.4. The molecule has 0 atom stereocenters. The summed E-state index contributed by atoms with van der Waals surface area (Å²) in [4.78, 5) is 57.2. The van der Waals surface area contributed by atoms with Gasteiger partial charge in [-0.15, -0.1) is 0 Å². The molecule has 0 aliphatic carbocycles. The summed E-state index contributed by atoms with van der Waals surface area (Å²) in [7, 11) is 0. The average molecular weight is 387 g/mol. The molecule has 28 heavy (non-hydrogen) atoms. The van der Waals surface area contributed by atoms with Crippen molar-refractivity contribution in [2.45, 2.75) is 32.9 Å². The van der Waals surface area contributed by atoms with Gasteiger partial charge in [0.25, 0.3) is 11.8 Å². The van der Waals surface area contributed by atoms with Crippen molar-refractivity contribution in [1.82, 2.24) is 15.4 Å². The molecule has 1 aromatic carbocycles. The van der Waals surface area contributed by atoms with Gasteiger partial charge in [-0.05, 0) is 32.9 Å². The van der Waals surface area contributed by atoms with Crippen LogP contribution in [-0.2, 0) is 16.1 Å². The van der Waals surface area contributed by atoms with E-state index in [9.17, 15) is 19.2 Å². The van der Waals surface area contributed by atoms with Gasteiger partial charge in [0, 0.05) is 0 Å². The van der Waals surface area contributed by atoms with Crippen molar-refractivity contribution in [3.05, 3.63) is 53.2 Å². The van der Waals surface area contributed by atoms with Gasteiger partial charge in [-0.2, -0.15) is 0 Å². The molecule has 2 heterocycles. The third-order valence-electron chi connectivity index (χ3n) is 3.56. The Labute approximate surface area is 159 Å². The normalized spacial score (nSPS) is 13.3. The summed E-state index contributed by atoms with van der Waals surface area (Å²) in [5.41, 5.74) is -0.717. The summed E-state index contributed by atoms with van der Waals surface area (Å²) < 4.78 is 10.2. The molecule has 0 saturated heterocycles. The van der Waals surface area contributed by atoms with Crippen LogP contribution in [0.25, 0.3) is 0 Å². The monoisotopic (exact) mass is 387 g/mol. The molecule has 0 unspecified atom stereocenters. The van der Waals surface area contributed by atoms with Crippen LogP contribution >= 0.6 is 0 Å². The first-order valence-electron chi connectivity index (χ1n) is 8.26. The van der Waals surface area contributed by atoms with Gasteiger partial charge in [0.05, 0.1) is 17.7 Å². The second-order valence-electron chi connectivity index (χ2n) is 6.81. The van der Waals surface area contributed by atoms with E-state index in [1.54, 1.807) is 32.9 Å². The third-order valence-corrected chi connectivity index (χ3v) is 3.56. The fourth-order valence-corrected chi connectivity index (χ4v) is 2.41. The number of oxazole rings is 1. The molecule has 2 aromatic rings. The number of hydroxylamine groups is 2. The number of carbonyl (C=O) groups excluding carboxylic acids is 4. The first-order chi connectivity index (χ1) is 13.2. The zero-order chi connectivity index (χ0) is 20.5. The number of hydrogen-bond acceptors (Lipinski definition) is 8. The van der Waals surface area contributed by atoms with Crippen molar-refractivity contribution >= 4 is 23.9 Å². The maximum Gasteiger partial charge on any atom is 0.408 e. The number of hydrogen-bond donors (Lipinski definition) is 1. The van der Waals surface area contributed by atoms with Gasteiger partial charge >= 0.3 is 12.1 Å². The van der Waals surface area contributed by atoms with E-state index in [1.165, 1.54) is 12.1 Å². The van der Waals surface area contributed by atoms with Crippen molar-refractivity contribution in [2.24, 2.45) is 0 Å². The van der Waals surface area contributed by atoms with Gasteiger partial charge in [0.2, 0.25) is 0 Å². The number of nitrogens with one attached hydrogen (secondary N) is 1. The smallest absolute Gasteiger partial charge is 0.408 e. The lowest BCUT2D eigenvalue weighted by Crippen LogP contribution is -2.34. The molecule has 3 amide bonds. The zero-order valence-electron chi connectivity index (χ0n) is 15.3. The lowest BCUT2D eigenvalue weighted by atomic mass is 10.1. The van der Waals surface area contributed by atoms with Crippen LogP contribution in [0.1, 0.15) is 57.7 Å². The van der Waals surface area contributed by atoms with E-state index in [0.717, 1.165) is 6.39 Å². The predicted octanol–water partition coefficient (Wildman–Crippen LogP) is 2.07. The fraction of sp³-hybridized carbons (Fsp3) is 0.278. The Morgan fingerprint density at radius 2 is 1.75 bits per heavy atom. The quantitative estimate of drug-likeness (QED) is 0.790. The van der Waals surface area contributed by atoms with Crippen LogP contribution in [-0.4, -0.2) is 39.5 Å². The van der Waals surface area contributed by atoms with Crippen LogP contribution in [0, 0.1) is 0 Å². The summed E-state index contributed by atoms with van der Waals surface area (Å²) in [6.07, 6.45) is 0.258. The Hall–Kier alpha value is -3.69. The largest absolute Gasteiger partial charge is 0.446 e.